The molecule has 0 atom stereocenters. The van der Waals surface area contributed by atoms with E-state index in [0.717, 1.165) is 38.5 Å². The fourth-order valence-corrected chi connectivity index (χ4v) is 2.16. The van der Waals surface area contributed by atoms with Crippen LogP contribution in [-0.4, -0.2) is 17.9 Å². The molecule has 0 bridgehead atoms. The van der Waals surface area contributed by atoms with Crippen molar-refractivity contribution < 1.29 is 70.1 Å². The molecule has 0 aliphatic rings. The first kappa shape index (κ1) is 38.0. The summed E-state index contributed by atoms with van der Waals surface area (Å²) in [5, 5.41) is 31.2. The van der Waals surface area contributed by atoms with Crippen molar-refractivity contribution in [2.75, 3.05) is 0 Å². The minimum atomic E-state index is -0.944. The standard InChI is InChI=1S/3C8H16O2.Sm/c3*1-4-5-6-8(2,3)7(9)10;/h3*4-6H2,1-3H3,(H,9,10);/q;;;+3/p-3. The summed E-state index contributed by atoms with van der Waals surface area (Å²) < 4.78 is 0. The van der Waals surface area contributed by atoms with Crippen molar-refractivity contribution in [1.29, 1.82) is 0 Å². The molecule has 31 heavy (non-hydrogen) atoms. The normalized spacial score (nSPS) is 11.1. The molecule has 0 fully saturated rings. The van der Waals surface area contributed by atoms with E-state index in [1.165, 1.54) is 0 Å². The predicted octanol–water partition coefficient (Wildman–Crippen LogP) is 2.86. The molecule has 0 unspecified atom stereocenters. The van der Waals surface area contributed by atoms with Gasteiger partial charge in [0.2, 0.25) is 0 Å². The molecule has 0 amide bonds. The molecule has 0 spiro atoms. The first-order chi connectivity index (χ1) is 13.5. The van der Waals surface area contributed by atoms with E-state index in [-0.39, 0.29) is 40.4 Å². The van der Waals surface area contributed by atoms with Crippen LogP contribution < -0.4 is 15.3 Å². The minimum absolute atomic E-state index is 0. The molecule has 0 aromatic carbocycles. The van der Waals surface area contributed by atoms with Gasteiger partial charge in [-0.3, -0.25) is 0 Å². The Morgan fingerprint density at radius 2 is 0.677 bits per heavy atom. The van der Waals surface area contributed by atoms with Gasteiger partial charge in [-0.05, 0) is 19.3 Å². The number of carboxylic acid groups (broad SMARTS) is 3. The zero-order valence-corrected chi connectivity index (χ0v) is 23.8. The second-order valence-corrected chi connectivity index (χ2v) is 9.82. The molecule has 0 saturated heterocycles. The molecule has 7 heteroatoms. The predicted molar refractivity (Wildman–Crippen MR) is 115 cm³/mol. The van der Waals surface area contributed by atoms with Crippen molar-refractivity contribution in [3.05, 3.63) is 0 Å². The number of rotatable bonds is 12. The number of carbonyl (C=O) groups excluding carboxylic acids is 3. The Kier molecular flexibility index (Phi) is 23.6. The third kappa shape index (κ3) is 21.4. The third-order valence-electron chi connectivity index (χ3n) is 5.12. The Hall–Kier alpha value is -0.252. The van der Waals surface area contributed by atoms with Crippen molar-refractivity contribution in [2.45, 2.75) is 120 Å². The average Bonchev–Trinajstić information content (AvgIpc) is 2.63. The molecule has 6 nitrogen and oxygen atoms in total. The van der Waals surface area contributed by atoms with E-state index in [1.807, 2.05) is 20.8 Å². The van der Waals surface area contributed by atoms with Gasteiger partial charge in [-0.15, -0.1) is 0 Å². The second kappa shape index (κ2) is 19.2. The number of carboxylic acids is 3. The van der Waals surface area contributed by atoms with Crippen LogP contribution in [0.15, 0.2) is 0 Å². The molecular formula is C24H45O6Sm. The summed E-state index contributed by atoms with van der Waals surface area (Å²) in [6.45, 7) is 16.4. The maximum atomic E-state index is 10.4. The Labute approximate surface area is 223 Å². The van der Waals surface area contributed by atoms with Crippen LogP contribution in [-0.2, 0) is 14.4 Å². The SMILES string of the molecule is CCCCC(C)(C)C(=O)[O-].CCCCC(C)(C)C(=O)[O-].CCCCC(C)(C)C(=O)[O-].[Sm+3]. The van der Waals surface area contributed by atoms with E-state index >= 15 is 0 Å². The summed E-state index contributed by atoms with van der Waals surface area (Å²) in [5.74, 6) is -2.83. The van der Waals surface area contributed by atoms with Crippen molar-refractivity contribution >= 4 is 17.9 Å². The monoisotopic (exact) mass is 581 g/mol. The molecule has 1 radical (unpaired) electrons. The zero-order chi connectivity index (χ0) is 24.6. The second-order valence-electron chi connectivity index (χ2n) is 9.82. The average molecular weight is 580 g/mol. The Bertz CT molecular complexity index is 427. The van der Waals surface area contributed by atoms with Crippen LogP contribution in [0, 0.1) is 56.6 Å². The number of hydrogen-bond donors (Lipinski definition) is 0. The van der Waals surface area contributed by atoms with Gasteiger partial charge in [0.15, 0.2) is 0 Å². The molecule has 0 N–H and O–H groups in total. The summed E-state index contributed by atoms with van der Waals surface area (Å²) in [4.78, 5) is 31.2. The van der Waals surface area contributed by atoms with E-state index in [4.69, 9.17) is 0 Å². The quantitative estimate of drug-likeness (QED) is 0.351. The summed E-state index contributed by atoms with van der Waals surface area (Å²) in [5.41, 5.74) is -1.93. The molecule has 0 aliphatic carbocycles. The van der Waals surface area contributed by atoms with E-state index in [2.05, 4.69) is 0 Å². The van der Waals surface area contributed by atoms with Crippen molar-refractivity contribution in [1.82, 2.24) is 0 Å². The smallest absolute Gasteiger partial charge is 0.550 e. The van der Waals surface area contributed by atoms with Crippen molar-refractivity contribution in [3.8, 4) is 0 Å². The summed E-state index contributed by atoms with van der Waals surface area (Å²) >= 11 is 0. The van der Waals surface area contributed by atoms with E-state index in [0.29, 0.717) is 19.3 Å². The fraction of sp³-hybridized carbons (Fsp3) is 0.875. The molecule has 0 rings (SSSR count). The third-order valence-corrected chi connectivity index (χ3v) is 5.12. The van der Waals surface area contributed by atoms with Gasteiger partial charge < -0.3 is 29.7 Å². The zero-order valence-electron chi connectivity index (χ0n) is 21.2. The molecular weight excluding hydrogens is 535 g/mol. The van der Waals surface area contributed by atoms with E-state index in [1.54, 1.807) is 41.5 Å². The largest absolute Gasteiger partial charge is 3.00 e. The topological polar surface area (TPSA) is 120 Å². The number of hydrogen-bond acceptors (Lipinski definition) is 6. The van der Waals surface area contributed by atoms with Gasteiger partial charge >= 0.3 is 40.4 Å². The van der Waals surface area contributed by atoms with Gasteiger partial charge in [-0.1, -0.05) is 101 Å². The van der Waals surface area contributed by atoms with E-state index < -0.39 is 34.2 Å². The van der Waals surface area contributed by atoms with Gasteiger partial charge in [0.1, 0.15) is 0 Å². The molecule has 0 aliphatic heterocycles. The first-order valence-electron chi connectivity index (χ1n) is 11.2. The number of aliphatic carboxylic acids is 3. The van der Waals surface area contributed by atoms with Gasteiger partial charge in [-0.25, -0.2) is 0 Å². The van der Waals surface area contributed by atoms with Gasteiger partial charge in [0.25, 0.3) is 0 Å². The Morgan fingerprint density at radius 1 is 0.516 bits per heavy atom. The van der Waals surface area contributed by atoms with Crippen molar-refractivity contribution in [3.63, 3.8) is 0 Å². The van der Waals surface area contributed by atoms with Gasteiger partial charge in [-0.2, -0.15) is 0 Å². The molecule has 0 aromatic heterocycles. The maximum Gasteiger partial charge on any atom is 3.00 e. The van der Waals surface area contributed by atoms with Gasteiger partial charge in [0, 0.05) is 34.2 Å². The number of unbranched alkanes of at least 4 members (excludes halogenated alkanes) is 3. The van der Waals surface area contributed by atoms with Crippen LogP contribution in [0.3, 0.4) is 0 Å². The van der Waals surface area contributed by atoms with Crippen LogP contribution in [0.5, 0.6) is 0 Å². The molecule has 0 heterocycles. The van der Waals surface area contributed by atoms with Crippen LogP contribution in [0.1, 0.15) is 120 Å². The van der Waals surface area contributed by atoms with Crippen LogP contribution in [0.4, 0.5) is 0 Å². The Morgan fingerprint density at radius 3 is 0.774 bits per heavy atom. The summed E-state index contributed by atoms with van der Waals surface area (Å²) in [6, 6.07) is 0. The van der Waals surface area contributed by atoms with E-state index in [9.17, 15) is 29.7 Å². The Balaban J connectivity index is -0.000000174. The van der Waals surface area contributed by atoms with Gasteiger partial charge in [0.05, 0.1) is 0 Å². The number of carbonyl (C=O) groups is 3. The summed E-state index contributed by atoms with van der Waals surface area (Å²) in [7, 11) is 0. The van der Waals surface area contributed by atoms with Crippen LogP contribution >= 0.6 is 0 Å². The molecule has 183 valence electrons. The maximum absolute atomic E-state index is 10.4. The van der Waals surface area contributed by atoms with Crippen molar-refractivity contribution in [2.24, 2.45) is 16.2 Å². The summed E-state index contributed by atoms with van der Waals surface area (Å²) in [6.07, 6.45) is 8.14. The molecule has 0 aromatic rings. The van der Waals surface area contributed by atoms with Crippen LogP contribution in [0.2, 0.25) is 0 Å². The minimum Gasteiger partial charge on any atom is -0.550 e. The van der Waals surface area contributed by atoms with Crippen LogP contribution in [0.25, 0.3) is 0 Å². The first-order valence-corrected chi connectivity index (χ1v) is 11.2. The fourth-order valence-electron chi connectivity index (χ4n) is 2.16. The molecule has 0 saturated carbocycles.